The van der Waals surface area contributed by atoms with Crippen molar-refractivity contribution >= 4 is 24.8 Å². The first-order chi connectivity index (χ1) is 9.69. The van der Waals surface area contributed by atoms with Gasteiger partial charge < -0.3 is 14.4 Å². The summed E-state index contributed by atoms with van der Waals surface area (Å²) in [7, 11) is 1.82. The SMILES string of the molecule is C=Cc1cc(OC)ccc1P(O)c1ccc(OC)cc1. The van der Waals surface area contributed by atoms with Crippen LogP contribution in [0, 0.1) is 0 Å². The molecule has 0 bridgehead atoms. The standard InChI is InChI=1S/C16H17O3P/c1-4-12-11-14(19-3)7-10-16(12)20(17)15-8-5-13(18-2)6-9-15/h4-11,17H,1H2,2-3H3. The zero-order valence-electron chi connectivity index (χ0n) is 11.5. The van der Waals surface area contributed by atoms with Gasteiger partial charge in [0.2, 0.25) is 0 Å². The molecular weight excluding hydrogens is 271 g/mol. The monoisotopic (exact) mass is 288 g/mol. The molecule has 0 spiro atoms. The van der Waals surface area contributed by atoms with Crippen LogP contribution in [0.25, 0.3) is 6.08 Å². The summed E-state index contributed by atoms with van der Waals surface area (Å²) in [5, 5.41) is 1.73. The minimum absolute atomic E-state index is 0.752. The fraction of sp³-hybridized carbons (Fsp3) is 0.125. The minimum atomic E-state index is -1.41. The van der Waals surface area contributed by atoms with E-state index >= 15 is 0 Å². The van der Waals surface area contributed by atoms with Crippen LogP contribution in [0.4, 0.5) is 0 Å². The molecule has 1 atom stereocenters. The maximum absolute atomic E-state index is 10.6. The molecule has 1 unspecified atom stereocenters. The molecule has 0 heterocycles. The molecule has 2 rings (SSSR count). The first-order valence-electron chi connectivity index (χ1n) is 6.13. The van der Waals surface area contributed by atoms with Gasteiger partial charge in [0.15, 0.2) is 0 Å². The van der Waals surface area contributed by atoms with Crippen LogP contribution in [0.5, 0.6) is 11.5 Å². The van der Waals surface area contributed by atoms with E-state index in [4.69, 9.17) is 9.47 Å². The van der Waals surface area contributed by atoms with Gasteiger partial charge >= 0.3 is 0 Å². The average molecular weight is 288 g/mol. The van der Waals surface area contributed by atoms with E-state index in [9.17, 15) is 4.89 Å². The van der Waals surface area contributed by atoms with Crippen LogP contribution in [-0.2, 0) is 0 Å². The summed E-state index contributed by atoms with van der Waals surface area (Å²) >= 11 is 0. The highest BCUT2D eigenvalue weighted by Crippen LogP contribution is 2.32. The molecule has 0 radical (unpaired) electrons. The topological polar surface area (TPSA) is 38.7 Å². The van der Waals surface area contributed by atoms with Gasteiger partial charge in [-0.2, -0.15) is 0 Å². The Labute approximate surface area is 120 Å². The van der Waals surface area contributed by atoms with Gasteiger partial charge in [0.25, 0.3) is 0 Å². The highest BCUT2D eigenvalue weighted by Gasteiger charge is 2.14. The third-order valence-electron chi connectivity index (χ3n) is 3.00. The van der Waals surface area contributed by atoms with Crippen LogP contribution in [0.3, 0.4) is 0 Å². The predicted octanol–water partition coefficient (Wildman–Crippen LogP) is 2.69. The quantitative estimate of drug-likeness (QED) is 0.860. The Morgan fingerprint density at radius 3 is 2.15 bits per heavy atom. The smallest absolute Gasteiger partial charge is 0.119 e. The van der Waals surface area contributed by atoms with E-state index in [-0.39, 0.29) is 0 Å². The molecule has 0 aliphatic heterocycles. The van der Waals surface area contributed by atoms with Crippen LogP contribution >= 0.6 is 8.15 Å². The number of benzene rings is 2. The molecule has 1 N–H and O–H groups in total. The molecule has 0 amide bonds. The lowest BCUT2D eigenvalue weighted by atomic mass is 10.2. The molecule has 104 valence electrons. The van der Waals surface area contributed by atoms with E-state index in [0.29, 0.717) is 0 Å². The lowest BCUT2D eigenvalue weighted by Gasteiger charge is -2.15. The second kappa shape index (κ2) is 6.56. The van der Waals surface area contributed by atoms with Gasteiger partial charge in [0.05, 0.1) is 22.4 Å². The van der Waals surface area contributed by atoms with Crippen molar-refractivity contribution in [3.63, 3.8) is 0 Å². The normalized spacial score (nSPS) is 11.8. The predicted molar refractivity (Wildman–Crippen MR) is 84.5 cm³/mol. The molecule has 20 heavy (non-hydrogen) atoms. The third kappa shape index (κ3) is 3.01. The lowest BCUT2D eigenvalue weighted by Crippen LogP contribution is -2.14. The van der Waals surface area contributed by atoms with Crippen molar-refractivity contribution in [1.82, 2.24) is 0 Å². The van der Waals surface area contributed by atoms with Crippen LogP contribution in [-0.4, -0.2) is 19.1 Å². The number of hydrogen-bond acceptors (Lipinski definition) is 3. The van der Waals surface area contributed by atoms with E-state index < -0.39 is 8.15 Å². The van der Waals surface area contributed by atoms with Crippen LogP contribution in [0.1, 0.15) is 5.56 Å². The van der Waals surface area contributed by atoms with Crippen molar-refractivity contribution in [2.75, 3.05) is 14.2 Å². The van der Waals surface area contributed by atoms with E-state index in [1.165, 1.54) is 0 Å². The first kappa shape index (κ1) is 14.6. The molecule has 3 nitrogen and oxygen atoms in total. The summed E-state index contributed by atoms with van der Waals surface area (Å²) in [5.74, 6) is 1.53. The fourth-order valence-electron chi connectivity index (χ4n) is 1.88. The van der Waals surface area contributed by atoms with Crippen molar-refractivity contribution in [1.29, 1.82) is 0 Å². The Hall–Kier alpha value is -1.83. The van der Waals surface area contributed by atoms with Crippen LogP contribution in [0.15, 0.2) is 49.0 Å². The Balaban J connectivity index is 2.36. The Morgan fingerprint density at radius 1 is 1.00 bits per heavy atom. The Bertz CT molecular complexity index is 593. The van der Waals surface area contributed by atoms with Gasteiger partial charge in [-0.25, -0.2) is 0 Å². The number of methoxy groups -OCH3 is 2. The van der Waals surface area contributed by atoms with Crippen molar-refractivity contribution in [3.8, 4) is 11.5 Å². The Kier molecular flexibility index (Phi) is 4.78. The highest BCUT2D eigenvalue weighted by molar-refractivity contribution is 7.67. The largest absolute Gasteiger partial charge is 0.497 e. The molecule has 2 aromatic carbocycles. The summed E-state index contributed by atoms with van der Waals surface area (Å²) in [6.45, 7) is 3.79. The van der Waals surface area contributed by atoms with Crippen molar-refractivity contribution < 1.29 is 14.4 Å². The number of ether oxygens (including phenoxy) is 2. The fourth-order valence-corrected chi connectivity index (χ4v) is 3.20. The van der Waals surface area contributed by atoms with E-state index in [0.717, 1.165) is 27.7 Å². The van der Waals surface area contributed by atoms with E-state index in [2.05, 4.69) is 6.58 Å². The van der Waals surface area contributed by atoms with E-state index in [1.54, 1.807) is 20.3 Å². The van der Waals surface area contributed by atoms with Gasteiger partial charge in [-0.1, -0.05) is 12.7 Å². The second-order valence-electron chi connectivity index (χ2n) is 4.14. The van der Waals surface area contributed by atoms with Crippen molar-refractivity contribution in [2.24, 2.45) is 0 Å². The third-order valence-corrected chi connectivity index (χ3v) is 4.65. The molecule has 0 aromatic heterocycles. The number of rotatable bonds is 5. The average Bonchev–Trinajstić information content (AvgIpc) is 2.53. The lowest BCUT2D eigenvalue weighted by molar-refractivity contribution is 0.415. The molecule has 0 aliphatic carbocycles. The molecule has 4 heteroatoms. The number of hydrogen-bond donors (Lipinski definition) is 1. The summed E-state index contributed by atoms with van der Waals surface area (Å²) in [6.07, 6.45) is 1.73. The van der Waals surface area contributed by atoms with Crippen molar-refractivity contribution in [3.05, 3.63) is 54.6 Å². The minimum Gasteiger partial charge on any atom is -0.497 e. The molecule has 2 aromatic rings. The van der Waals surface area contributed by atoms with Gasteiger partial charge in [-0.3, -0.25) is 0 Å². The Morgan fingerprint density at radius 2 is 1.60 bits per heavy atom. The first-order valence-corrected chi connectivity index (χ1v) is 7.42. The van der Waals surface area contributed by atoms with Crippen LogP contribution < -0.4 is 20.1 Å². The summed E-state index contributed by atoms with van der Waals surface area (Å²) in [6, 6.07) is 13.0. The highest BCUT2D eigenvalue weighted by atomic mass is 31.1. The second-order valence-corrected chi connectivity index (χ2v) is 5.76. The van der Waals surface area contributed by atoms with Gasteiger partial charge in [-0.15, -0.1) is 0 Å². The van der Waals surface area contributed by atoms with Gasteiger partial charge in [-0.05, 0) is 48.0 Å². The van der Waals surface area contributed by atoms with Crippen molar-refractivity contribution in [2.45, 2.75) is 0 Å². The van der Waals surface area contributed by atoms with Gasteiger partial charge in [0.1, 0.15) is 11.5 Å². The maximum atomic E-state index is 10.6. The molecule has 0 saturated carbocycles. The molecule has 0 saturated heterocycles. The maximum Gasteiger partial charge on any atom is 0.119 e. The van der Waals surface area contributed by atoms with Crippen LogP contribution in [0.2, 0.25) is 0 Å². The van der Waals surface area contributed by atoms with E-state index in [1.807, 2.05) is 42.5 Å². The summed E-state index contributed by atoms with van der Waals surface area (Å²) < 4.78 is 10.3. The van der Waals surface area contributed by atoms with Gasteiger partial charge in [0, 0.05) is 10.6 Å². The summed E-state index contributed by atoms with van der Waals surface area (Å²) in [4.78, 5) is 10.6. The zero-order valence-corrected chi connectivity index (χ0v) is 12.4. The molecule has 0 fully saturated rings. The zero-order chi connectivity index (χ0) is 14.5. The molecule has 0 aliphatic rings. The summed E-state index contributed by atoms with van der Waals surface area (Å²) in [5.41, 5.74) is 0.883. The molecular formula is C16H17O3P.